The Morgan fingerprint density at radius 2 is 1.73 bits per heavy atom. The maximum Gasteiger partial charge on any atom is 0.301 e. The average molecular weight is 457 g/mol. The Labute approximate surface area is 194 Å². The molecule has 1 N–H and O–H groups in total. The molecule has 164 valence electrons. The highest BCUT2D eigenvalue weighted by Crippen LogP contribution is 2.44. The van der Waals surface area contributed by atoms with Gasteiger partial charge in [-0.3, -0.25) is 14.5 Å². The van der Waals surface area contributed by atoms with E-state index in [-0.39, 0.29) is 11.3 Å². The molecule has 1 aromatic heterocycles. The highest BCUT2D eigenvalue weighted by molar-refractivity contribution is 7.22. The van der Waals surface area contributed by atoms with Gasteiger partial charge in [0, 0.05) is 5.56 Å². The number of hydrogen-bond acceptors (Lipinski definition) is 6. The van der Waals surface area contributed by atoms with Gasteiger partial charge in [-0.05, 0) is 30.7 Å². The van der Waals surface area contributed by atoms with Crippen molar-refractivity contribution in [2.24, 2.45) is 0 Å². The molecule has 0 spiro atoms. The number of amides is 1. The summed E-state index contributed by atoms with van der Waals surface area (Å²) in [5.41, 5.74) is 1.94. The second kappa shape index (κ2) is 8.52. The molecule has 0 radical (unpaired) electrons. The summed E-state index contributed by atoms with van der Waals surface area (Å²) in [6.45, 7) is 2.45. The van der Waals surface area contributed by atoms with E-state index in [2.05, 4.69) is 4.98 Å². The summed E-state index contributed by atoms with van der Waals surface area (Å²) in [5, 5.41) is 11.5. The first-order valence-corrected chi connectivity index (χ1v) is 11.3. The highest BCUT2D eigenvalue weighted by atomic mass is 32.1. The lowest BCUT2D eigenvalue weighted by Crippen LogP contribution is -2.29. The van der Waals surface area contributed by atoms with Crippen LogP contribution in [0.25, 0.3) is 16.0 Å². The Bertz CT molecular complexity index is 1380. The van der Waals surface area contributed by atoms with Gasteiger partial charge >= 0.3 is 5.91 Å². The lowest BCUT2D eigenvalue weighted by Gasteiger charge is -2.22. The second-order valence-corrected chi connectivity index (χ2v) is 8.51. The van der Waals surface area contributed by atoms with Crippen molar-refractivity contribution in [2.75, 3.05) is 11.5 Å². The molecule has 1 atom stereocenters. The molecule has 0 aliphatic carbocycles. The van der Waals surface area contributed by atoms with Crippen LogP contribution in [0.1, 0.15) is 24.1 Å². The Hall–Kier alpha value is -3.97. The van der Waals surface area contributed by atoms with E-state index in [1.165, 1.54) is 16.2 Å². The van der Waals surface area contributed by atoms with Crippen LogP contribution in [0.2, 0.25) is 0 Å². The number of nitrogens with zero attached hydrogens (tertiary/aromatic N) is 2. The zero-order valence-electron chi connectivity index (χ0n) is 17.8. The van der Waals surface area contributed by atoms with Gasteiger partial charge in [0.25, 0.3) is 5.78 Å². The normalized spacial score (nSPS) is 17.6. The predicted molar refractivity (Wildman–Crippen MR) is 128 cm³/mol. The quantitative estimate of drug-likeness (QED) is 0.250. The van der Waals surface area contributed by atoms with Gasteiger partial charge in [0.05, 0.1) is 28.4 Å². The summed E-state index contributed by atoms with van der Waals surface area (Å²) in [5.74, 6) is -0.944. The molecule has 3 aromatic carbocycles. The van der Waals surface area contributed by atoms with Gasteiger partial charge in [-0.15, -0.1) is 0 Å². The van der Waals surface area contributed by atoms with Crippen LogP contribution in [0.3, 0.4) is 0 Å². The van der Waals surface area contributed by atoms with E-state index in [9.17, 15) is 14.7 Å². The van der Waals surface area contributed by atoms with E-state index >= 15 is 0 Å². The third-order valence-corrected chi connectivity index (χ3v) is 6.49. The van der Waals surface area contributed by atoms with Crippen molar-refractivity contribution in [3.63, 3.8) is 0 Å². The molecule has 1 fully saturated rings. The molecular weight excluding hydrogens is 436 g/mol. The fourth-order valence-electron chi connectivity index (χ4n) is 3.98. The number of benzene rings is 3. The van der Waals surface area contributed by atoms with Crippen LogP contribution < -0.4 is 9.64 Å². The summed E-state index contributed by atoms with van der Waals surface area (Å²) < 4.78 is 6.42. The number of aliphatic hydroxyl groups excluding tert-OH is 1. The van der Waals surface area contributed by atoms with Crippen LogP contribution in [-0.4, -0.2) is 28.4 Å². The molecule has 1 amide bonds. The molecule has 1 unspecified atom stereocenters. The topological polar surface area (TPSA) is 79.7 Å². The van der Waals surface area contributed by atoms with Gasteiger partial charge in [0.1, 0.15) is 11.5 Å². The van der Waals surface area contributed by atoms with Gasteiger partial charge in [0.15, 0.2) is 5.13 Å². The summed E-state index contributed by atoms with van der Waals surface area (Å²) in [7, 11) is 0. The zero-order valence-corrected chi connectivity index (χ0v) is 18.6. The van der Waals surface area contributed by atoms with Gasteiger partial charge in [-0.2, -0.15) is 0 Å². The molecule has 7 heteroatoms. The standard InChI is InChI=1S/C26H20N2O4S/c1-2-32-18-13-14-19-20(15-18)33-26(27-19)28-22(16-9-5-3-6-10-16)21(24(30)25(28)31)23(29)17-11-7-4-8-12-17/h3-15,22,29H,2H2,1H3/b23-21+. The van der Waals surface area contributed by atoms with Crippen LogP contribution >= 0.6 is 11.3 Å². The Balaban J connectivity index is 1.69. The molecule has 5 rings (SSSR count). The van der Waals surface area contributed by atoms with Crippen LogP contribution in [0.15, 0.2) is 84.4 Å². The number of fused-ring (bicyclic) bond motifs is 1. The molecule has 1 aliphatic heterocycles. The minimum atomic E-state index is -0.793. The number of hydrogen-bond donors (Lipinski definition) is 1. The molecule has 4 aromatic rings. The lowest BCUT2D eigenvalue weighted by molar-refractivity contribution is -0.132. The van der Waals surface area contributed by atoms with Crippen molar-refractivity contribution in [1.29, 1.82) is 0 Å². The maximum atomic E-state index is 13.3. The third kappa shape index (κ3) is 3.66. The number of anilines is 1. The largest absolute Gasteiger partial charge is 0.507 e. The van der Waals surface area contributed by atoms with E-state index < -0.39 is 17.7 Å². The number of aliphatic hydroxyl groups is 1. The number of aromatic nitrogens is 1. The van der Waals surface area contributed by atoms with E-state index in [0.717, 1.165) is 4.70 Å². The van der Waals surface area contributed by atoms with Crippen molar-refractivity contribution < 1.29 is 19.4 Å². The summed E-state index contributed by atoms with van der Waals surface area (Å²) in [6, 6.07) is 22.7. The number of carbonyl (C=O) groups excluding carboxylic acids is 2. The first-order valence-electron chi connectivity index (χ1n) is 10.5. The second-order valence-electron chi connectivity index (χ2n) is 7.50. The monoisotopic (exact) mass is 456 g/mol. The predicted octanol–water partition coefficient (Wildman–Crippen LogP) is 5.32. The molecule has 2 heterocycles. The number of ether oxygens (including phenoxy) is 1. The highest BCUT2D eigenvalue weighted by Gasteiger charge is 2.48. The Morgan fingerprint density at radius 1 is 1.03 bits per heavy atom. The molecule has 1 aliphatic rings. The first-order chi connectivity index (χ1) is 16.1. The zero-order chi connectivity index (χ0) is 22.9. The van der Waals surface area contributed by atoms with Crippen LogP contribution in [0, 0.1) is 0 Å². The number of carbonyl (C=O) groups is 2. The van der Waals surface area contributed by atoms with Gasteiger partial charge in [-0.1, -0.05) is 72.0 Å². The minimum absolute atomic E-state index is 0.0478. The fourth-order valence-corrected chi connectivity index (χ4v) is 5.01. The third-order valence-electron chi connectivity index (χ3n) is 5.47. The van der Waals surface area contributed by atoms with Crippen molar-refractivity contribution in [3.05, 3.63) is 95.6 Å². The number of Topliss-reactive ketones (excluding diaryl/α,β-unsaturated/α-hetero) is 1. The number of rotatable bonds is 5. The maximum absolute atomic E-state index is 13.3. The van der Waals surface area contributed by atoms with Crippen LogP contribution in [-0.2, 0) is 9.59 Å². The Morgan fingerprint density at radius 3 is 2.42 bits per heavy atom. The minimum Gasteiger partial charge on any atom is -0.507 e. The fraction of sp³-hybridized carbons (Fsp3) is 0.115. The average Bonchev–Trinajstić information content (AvgIpc) is 3.38. The number of thiazole rings is 1. The smallest absolute Gasteiger partial charge is 0.301 e. The number of ketones is 1. The van der Waals surface area contributed by atoms with Crippen LogP contribution in [0.5, 0.6) is 5.75 Å². The van der Waals surface area contributed by atoms with E-state index in [1.54, 1.807) is 24.3 Å². The van der Waals surface area contributed by atoms with E-state index in [0.29, 0.717) is 34.1 Å². The first kappa shape index (κ1) is 20.9. The van der Waals surface area contributed by atoms with Crippen molar-refractivity contribution >= 4 is 44.1 Å². The lowest BCUT2D eigenvalue weighted by atomic mass is 9.95. The Kier molecular flexibility index (Phi) is 5.40. The molecule has 33 heavy (non-hydrogen) atoms. The van der Waals surface area contributed by atoms with Gasteiger partial charge < -0.3 is 9.84 Å². The summed E-state index contributed by atoms with van der Waals surface area (Å²) in [6.07, 6.45) is 0. The molecule has 1 saturated heterocycles. The van der Waals surface area contributed by atoms with Gasteiger partial charge in [0.2, 0.25) is 0 Å². The summed E-state index contributed by atoms with van der Waals surface area (Å²) in [4.78, 5) is 32.5. The van der Waals surface area contributed by atoms with Gasteiger partial charge in [-0.25, -0.2) is 4.98 Å². The van der Waals surface area contributed by atoms with Crippen molar-refractivity contribution in [3.8, 4) is 5.75 Å². The summed E-state index contributed by atoms with van der Waals surface area (Å²) >= 11 is 1.31. The van der Waals surface area contributed by atoms with Crippen molar-refractivity contribution in [2.45, 2.75) is 13.0 Å². The van der Waals surface area contributed by atoms with E-state index in [1.807, 2.05) is 61.5 Å². The van der Waals surface area contributed by atoms with Crippen molar-refractivity contribution in [1.82, 2.24) is 4.98 Å². The SMILES string of the molecule is CCOc1ccc2nc(N3C(=O)C(=O)/C(=C(/O)c4ccccc4)C3c3ccccc3)sc2c1. The molecule has 0 saturated carbocycles. The molecule has 0 bridgehead atoms. The molecule has 6 nitrogen and oxygen atoms in total. The van der Waals surface area contributed by atoms with Crippen LogP contribution in [0.4, 0.5) is 5.13 Å². The van der Waals surface area contributed by atoms with E-state index in [4.69, 9.17) is 4.74 Å². The molecular formula is C26H20N2O4S.